The van der Waals surface area contributed by atoms with Gasteiger partial charge >= 0.3 is 0 Å². The summed E-state index contributed by atoms with van der Waals surface area (Å²) in [5.41, 5.74) is 0.921. The third kappa shape index (κ3) is 2.88. The van der Waals surface area contributed by atoms with Gasteiger partial charge in [0.1, 0.15) is 18.3 Å². The van der Waals surface area contributed by atoms with E-state index in [2.05, 4.69) is 0 Å². The van der Waals surface area contributed by atoms with Gasteiger partial charge in [0.25, 0.3) is 0 Å². The van der Waals surface area contributed by atoms with E-state index in [1.807, 2.05) is 30.3 Å². The van der Waals surface area contributed by atoms with E-state index in [0.29, 0.717) is 0 Å². The second-order valence-electron chi connectivity index (χ2n) is 4.47. The summed E-state index contributed by atoms with van der Waals surface area (Å²) in [7, 11) is 0. The molecular weight excluding hydrogens is 236 g/mol. The van der Waals surface area contributed by atoms with Gasteiger partial charge < -0.3 is 24.8 Å². The first kappa shape index (κ1) is 13.5. The van der Waals surface area contributed by atoms with Crippen LogP contribution in [0.4, 0.5) is 0 Å². The SMILES string of the molecule is C[C@@H]1O[C@@H](O)[C@H](OCc2ccccc2)[C@H](O)[C@H]1O. The van der Waals surface area contributed by atoms with Crippen molar-refractivity contribution in [3.05, 3.63) is 35.9 Å². The maximum atomic E-state index is 9.84. The zero-order valence-electron chi connectivity index (χ0n) is 10.1. The summed E-state index contributed by atoms with van der Waals surface area (Å²) in [6.45, 7) is 1.83. The zero-order chi connectivity index (χ0) is 13.1. The molecule has 5 nitrogen and oxygen atoms in total. The van der Waals surface area contributed by atoms with Crippen molar-refractivity contribution in [1.29, 1.82) is 0 Å². The molecular formula is C13H18O5. The number of hydrogen-bond donors (Lipinski definition) is 3. The zero-order valence-corrected chi connectivity index (χ0v) is 10.1. The van der Waals surface area contributed by atoms with Crippen LogP contribution in [-0.2, 0) is 16.1 Å². The summed E-state index contributed by atoms with van der Waals surface area (Å²) in [5, 5.41) is 29.2. The van der Waals surface area contributed by atoms with Crippen molar-refractivity contribution < 1.29 is 24.8 Å². The molecule has 1 aromatic carbocycles. The van der Waals surface area contributed by atoms with Gasteiger partial charge in [0.05, 0.1) is 12.7 Å². The Morgan fingerprint density at radius 3 is 2.44 bits per heavy atom. The van der Waals surface area contributed by atoms with Gasteiger partial charge in [-0.1, -0.05) is 30.3 Å². The van der Waals surface area contributed by atoms with E-state index in [1.54, 1.807) is 6.92 Å². The molecule has 0 amide bonds. The highest BCUT2D eigenvalue weighted by Gasteiger charge is 2.42. The first-order valence-electron chi connectivity index (χ1n) is 5.95. The Morgan fingerprint density at radius 2 is 1.78 bits per heavy atom. The fourth-order valence-corrected chi connectivity index (χ4v) is 1.97. The third-order valence-corrected chi connectivity index (χ3v) is 3.09. The number of hydrogen-bond acceptors (Lipinski definition) is 5. The van der Waals surface area contributed by atoms with Crippen LogP contribution in [0.1, 0.15) is 12.5 Å². The lowest BCUT2D eigenvalue weighted by molar-refractivity contribution is -0.290. The van der Waals surface area contributed by atoms with E-state index in [-0.39, 0.29) is 6.61 Å². The lowest BCUT2D eigenvalue weighted by atomic mass is 10.00. The van der Waals surface area contributed by atoms with Crippen LogP contribution >= 0.6 is 0 Å². The predicted octanol–water partition coefficient (Wildman–Crippen LogP) is 0.0307. The highest BCUT2D eigenvalue weighted by atomic mass is 16.7. The highest BCUT2D eigenvalue weighted by molar-refractivity contribution is 5.13. The largest absolute Gasteiger partial charge is 0.388 e. The molecule has 0 spiro atoms. The Balaban J connectivity index is 1.96. The number of aliphatic hydroxyl groups excluding tert-OH is 3. The number of benzene rings is 1. The molecule has 0 aromatic heterocycles. The lowest BCUT2D eigenvalue weighted by Crippen LogP contribution is -2.57. The third-order valence-electron chi connectivity index (χ3n) is 3.09. The molecule has 1 aliphatic heterocycles. The number of rotatable bonds is 3. The van der Waals surface area contributed by atoms with Crippen LogP contribution in [0.5, 0.6) is 0 Å². The van der Waals surface area contributed by atoms with Crippen LogP contribution in [0.2, 0.25) is 0 Å². The molecule has 2 rings (SSSR count). The summed E-state index contributed by atoms with van der Waals surface area (Å²) in [6.07, 6.45) is -5.02. The van der Waals surface area contributed by atoms with Crippen LogP contribution in [0.3, 0.4) is 0 Å². The van der Waals surface area contributed by atoms with E-state index in [0.717, 1.165) is 5.56 Å². The molecule has 0 unspecified atom stereocenters. The fourth-order valence-electron chi connectivity index (χ4n) is 1.97. The van der Waals surface area contributed by atoms with Crippen LogP contribution in [-0.4, -0.2) is 46.0 Å². The van der Waals surface area contributed by atoms with Gasteiger partial charge in [-0.2, -0.15) is 0 Å². The fraction of sp³-hybridized carbons (Fsp3) is 0.538. The minimum atomic E-state index is -1.23. The molecule has 0 saturated carbocycles. The summed E-state index contributed by atoms with van der Waals surface area (Å²) < 4.78 is 10.5. The molecule has 5 atom stereocenters. The van der Waals surface area contributed by atoms with Gasteiger partial charge in [-0.05, 0) is 12.5 Å². The number of aliphatic hydroxyl groups is 3. The van der Waals surface area contributed by atoms with Gasteiger partial charge in [0.2, 0.25) is 0 Å². The van der Waals surface area contributed by atoms with E-state index < -0.39 is 30.7 Å². The van der Waals surface area contributed by atoms with Crippen molar-refractivity contribution in [3.8, 4) is 0 Å². The highest BCUT2D eigenvalue weighted by Crippen LogP contribution is 2.22. The van der Waals surface area contributed by atoms with Gasteiger partial charge in [0, 0.05) is 0 Å². The van der Waals surface area contributed by atoms with Gasteiger partial charge in [0.15, 0.2) is 6.29 Å². The molecule has 0 radical (unpaired) electrons. The summed E-state index contributed by atoms with van der Waals surface area (Å²) in [4.78, 5) is 0. The standard InChI is InChI=1S/C13H18O5/c1-8-10(14)11(15)12(13(16)18-8)17-7-9-5-3-2-4-6-9/h2-6,8,10-16H,7H2,1H3/t8-,10-,11+,12+,13+/m0/s1. The second-order valence-corrected chi connectivity index (χ2v) is 4.47. The summed E-state index contributed by atoms with van der Waals surface area (Å²) in [5.74, 6) is 0. The van der Waals surface area contributed by atoms with E-state index >= 15 is 0 Å². The van der Waals surface area contributed by atoms with Crippen LogP contribution < -0.4 is 0 Å². The Bertz CT molecular complexity index is 369. The summed E-state index contributed by atoms with van der Waals surface area (Å²) in [6, 6.07) is 9.39. The molecule has 18 heavy (non-hydrogen) atoms. The smallest absolute Gasteiger partial charge is 0.184 e. The molecule has 1 aromatic rings. The van der Waals surface area contributed by atoms with E-state index in [9.17, 15) is 15.3 Å². The van der Waals surface area contributed by atoms with Crippen LogP contribution in [0.25, 0.3) is 0 Å². The van der Waals surface area contributed by atoms with Crippen molar-refractivity contribution >= 4 is 0 Å². The van der Waals surface area contributed by atoms with Crippen LogP contribution in [0.15, 0.2) is 30.3 Å². The van der Waals surface area contributed by atoms with Crippen LogP contribution in [0, 0.1) is 0 Å². The molecule has 1 aliphatic rings. The molecule has 1 heterocycles. The molecule has 1 fully saturated rings. The average molecular weight is 254 g/mol. The first-order valence-corrected chi connectivity index (χ1v) is 5.95. The maximum Gasteiger partial charge on any atom is 0.184 e. The Labute approximate surface area is 106 Å². The van der Waals surface area contributed by atoms with Crippen molar-refractivity contribution in [1.82, 2.24) is 0 Å². The predicted molar refractivity (Wildman–Crippen MR) is 63.6 cm³/mol. The maximum absolute atomic E-state index is 9.84. The topological polar surface area (TPSA) is 79.2 Å². The quantitative estimate of drug-likeness (QED) is 0.709. The Morgan fingerprint density at radius 1 is 1.11 bits per heavy atom. The number of ether oxygens (including phenoxy) is 2. The van der Waals surface area contributed by atoms with Gasteiger partial charge in [-0.3, -0.25) is 0 Å². The van der Waals surface area contributed by atoms with E-state index in [4.69, 9.17) is 9.47 Å². The molecule has 5 heteroatoms. The monoisotopic (exact) mass is 254 g/mol. The average Bonchev–Trinajstić information content (AvgIpc) is 2.37. The lowest BCUT2D eigenvalue weighted by Gasteiger charge is -2.39. The van der Waals surface area contributed by atoms with Crippen molar-refractivity contribution in [2.75, 3.05) is 0 Å². The first-order chi connectivity index (χ1) is 8.59. The Hall–Kier alpha value is -0.980. The molecule has 0 bridgehead atoms. The second kappa shape index (κ2) is 5.77. The minimum absolute atomic E-state index is 0.240. The van der Waals surface area contributed by atoms with Crippen molar-refractivity contribution in [2.45, 2.75) is 44.2 Å². The van der Waals surface area contributed by atoms with E-state index in [1.165, 1.54) is 0 Å². The minimum Gasteiger partial charge on any atom is -0.388 e. The molecule has 1 saturated heterocycles. The Kier molecular flexibility index (Phi) is 4.31. The summed E-state index contributed by atoms with van der Waals surface area (Å²) >= 11 is 0. The molecule has 100 valence electrons. The normalized spacial score (nSPS) is 36.6. The molecule has 3 N–H and O–H groups in total. The van der Waals surface area contributed by atoms with Gasteiger partial charge in [-0.25, -0.2) is 0 Å². The van der Waals surface area contributed by atoms with Crippen molar-refractivity contribution in [2.24, 2.45) is 0 Å². The van der Waals surface area contributed by atoms with Gasteiger partial charge in [-0.15, -0.1) is 0 Å². The molecule has 0 aliphatic carbocycles. The van der Waals surface area contributed by atoms with Crippen molar-refractivity contribution in [3.63, 3.8) is 0 Å².